The Bertz CT molecular complexity index is 328. The zero-order chi connectivity index (χ0) is 11.4. The summed E-state index contributed by atoms with van der Waals surface area (Å²) < 4.78 is 0. The Kier molecular flexibility index (Phi) is 4.50. The van der Waals surface area contributed by atoms with Gasteiger partial charge in [0.1, 0.15) is 0 Å². The maximum atomic E-state index is 5.82. The number of nitrogens with zero attached hydrogens (tertiary/aromatic N) is 1. The van der Waals surface area contributed by atoms with Crippen LogP contribution in [-0.4, -0.2) is 16.8 Å². The second-order valence-electron chi connectivity index (χ2n) is 4.25. The standard InChI is InChI=1S/C12H17ClN2S/c13-10-5-6-12(15-8-10)16-11-4-2-1-3-9(11)7-14/h5-6,8-9,11H,1-4,7,14H2. The lowest BCUT2D eigenvalue weighted by molar-refractivity contribution is 0.378. The SMILES string of the molecule is NCC1CCCCC1Sc1ccc(Cl)cn1. The largest absolute Gasteiger partial charge is 0.330 e. The van der Waals surface area contributed by atoms with E-state index in [1.165, 1.54) is 25.7 Å². The number of hydrogen-bond acceptors (Lipinski definition) is 3. The third kappa shape index (κ3) is 3.12. The van der Waals surface area contributed by atoms with Crippen LogP contribution in [0.3, 0.4) is 0 Å². The number of aromatic nitrogens is 1. The summed E-state index contributed by atoms with van der Waals surface area (Å²) in [7, 11) is 0. The number of pyridine rings is 1. The minimum absolute atomic E-state index is 0.632. The predicted molar refractivity (Wildman–Crippen MR) is 69.9 cm³/mol. The molecule has 0 aromatic carbocycles. The van der Waals surface area contributed by atoms with Crippen LogP contribution in [0.5, 0.6) is 0 Å². The van der Waals surface area contributed by atoms with Crippen molar-refractivity contribution in [2.24, 2.45) is 11.7 Å². The minimum Gasteiger partial charge on any atom is -0.330 e. The van der Waals surface area contributed by atoms with Crippen molar-refractivity contribution in [1.29, 1.82) is 0 Å². The van der Waals surface area contributed by atoms with Gasteiger partial charge < -0.3 is 5.73 Å². The van der Waals surface area contributed by atoms with Gasteiger partial charge in [0.2, 0.25) is 0 Å². The lowest BCUT2D eigenvalue weighted by atomic mass is 9.89. The number of halogens is 1. The molecule has 0 saturated heterocycles. The first kappa shape index (κ1) is 12.2. The number of nitrogens with two attached hydrogens (primary N) is 1. The molecule has 1 fully saturated rings. The van der Waals surface area contributed by atoms with Crippen molar-refractivity contribution in [3.05, 3.63) is 23.4 Å². The lowest BCUT2D eigenvalue weighted by Gasteiger charge is -2.29. The van der Waals surface area contributed by atoms with Gasteiger partial charge in [0.05, 0.1) is 10.0 Å². The van der Waals surface area contributed by atoms with Gasteiger partial charge in [-0.25, -0.2) is 4.98 Å². The number of hydrogen-bond donors (Lipinski definition) is 1. The van der Waals surface area contributed by atoms with Crippen LogP contribution >= 0.6 is 23.4 Å². The van der Waals surface area contributed by atoms with Crippen LogP contribution in [0.1, 0.15) is 25.7 Å². The van der Waals surface area contributed by atoms with Gasteiger partial charge in [0.15, 0.2) is 0 Å². The Morgan fingerprint density at radius 3 is 2.88 bits per heavy atom. The molecule has 0 radical (unpaired) electrons. The third-order valence-corrected chi connectivity index (χ3v) is 4.74. The molecule has 1 saturated carbocycles. The van der Waals surface area contributed by atoms with Gasteiger partial charge in [0, 0.05) is 11.4 Å². The van der Waals surface area contributed by atoms with Crippen molar-refractivity contribution in [1.82, 2.24) is 4.98 Å². The summed E-state index contributed by atoms with van der Waals surface area (Å²) in [6.45, 7) is 0.797. The fourth-order valence-electron chi connectivity index (χ4n) is 2.19. The van der Waals surface area contributed by atoms with E-state index in [1.807, 2.05) is 23.9 Å². The van der Waals surface area contributed by atoms with E-state index in [0.29, 0.717) is 16.2 Å². The van der Waals surface area contributed by atoms with Crippen molar-refractivity contribution < 1.29 is 0 Å². The van der Waals surface area contributed by atoms with Crippen LogP contribution in [0.25, 0.3) is 0 Å². The molecule has 1 aromatic heterocycles. The van der Waals surface area contributed by atoms with Gasteiger partial charge in [-0.1, -0.05) is 24.4 Å². The highest BCUT2D eigenvalue weighted by Gasteiger charge is 2.24. The minimum atomic E-state index is 0.632. The molecule has 0 aliphatic heterocycles. The van der Waals surface area contributed by atoms with Crippen LogP contribution in [0.4, 0.5) is 0 Å². The molecule has 1 aliphatic carbocycles. The van der Waals surface area contributed by atoms with E-state index in [2.05, 4.69) is 4.98 Å². The summed E-state index contributed by atoms with van der Waals surface area (Å²) in [5.41, 5.74) is 5.82. The van der Waals surface area contributed by atoms with E-state index < -0.39 is 0 Å². The predicted octanol–water partition coefficient (Wildman–Crippen LogP) is 3.34. The smallest absolute Gasteiger partial charge is 0.0963 e. The Hall–Kier alpha value is -0.250. The van der Waals surface area contributed by atoms with Gasteiger partial charge in [-0.15, -0.1) is 11.8 Å². The van der Waals surface area contributed by atoms with Gasteiger partial charge in [-0.2, -0.15) is 0 Å². The highest BCUT2D eigenvalue weighted by Crippen LogP contribution is 2.36. The molecule has 2 rings (SSSR count). The summed E-state index contributed by atoms with van der Waals surface area (Å²) in [5, 5.41) is 2.39. The maximum Gasteiger partial charge on any atom is 0.0963 e. The molecule has 0 amide bonds. The topological polar surface area (TPSA) is 38.9 Å². The molecule has 0 spiro atoms. The van der Waals surface area contributed by atoms with Gasteiger partial charge in [-0.3, -0.25) is 0 Å². The van der Waals surface area contributed by atoms with Gasteiger partial charge in [0.25, 0.3) is 0 Å². The van der Waals surface area contributed by atoms with Crippen molar-refractivity contribution in [3.8, 4) is 0 Å². The molecule has 0 bridgehead atoms. The summed E-state index contributed by atoms with van der Waals surface area (Å²) in [4.78, 5) is 4.33. The van der Waals surface area contributed by atoms with Crippen LogP contribution in [0.2, 0.25) is 5.02 Å². The quantitative estimate of drug-likeness (QED) is 0.902. The monoisotopic (exact) mass is 256 g/mol. The molecule has 1 aromatic rings. The van der Waals surface area contributed by atoms with Crippen LogP contribution in [0, 0.1) is 5.92 Å². The summed E-state index contributed by atoms with van der Waals surface area (Å²) in [6.07, 6.45) is 6.89. The first-order chi connectivity index (χ1) is 7.79. The average Bonchev–Trinajstić information content (AvgIpc) is 2.33. The van der Waals surface area contributed by atoms with Crippen LogP contribution < -0.4 is 5.73 Å². The fraction of sp³-hybridized carbons (Fsp3) is 0.583. The summed E-state index contributed by atoms with van der Waals surface area (Å²) in [5.74, 6) is 0.649. The third-order valence-electron chi connectivity index (χ3n) is 3.11. The van der Waals surface area contributed by atoms with Crippen molar-refractivity contribution >= 4 is 23.4 Å². The molecule has 4 heteroatoms. The molecule has 2 nitrogen and oxygen atoms in total. The molecular formula is C12H17ClN2S. The molecule has 2 unspecified atom stereocenters. The average molecular weight is 257 g/mol. The molecule has 1 heterocycles. The molecule has 2 N–H and O–H groups in total. The maximum absolute atomic E-state index is 5.82. The van der Waals surface area contributed by atoms with Crippen molar-refractivity contribution in [2.45, 2.75) is 36.0 Å². The Morgan fingerprint density at radius 1 is 1.38 bits per heavy atom. The zero-order valence-corrected chi connectivity index (χ0v) is 10.8. The van der Waals surface area contributed by atoms with Crippen LogP contribution in [-0.2, 0) is 0 Å². The van der Waals surface area contributed by atoms with E-state index in [0.717, 1.165) is 11.6 Å². The van der Waals surface area contributed by atoms with Gasteiger partial charge >= 0.3 is 0 Å². The molecular weight excluding hydrogens is 240 g/mol. The van der Waals surface area contributed by atoms with E-state index >= 15 is 0 Å². The highest BCUT2D eigenvalue weighted by molar-refractivity contribution is 7.99. The van der Waals surface area contributed by atoms with Crippen molar-refractivity contribution in [3.63, 3.8) is 0 Å². The zero-order valence-electron chi connectivity index (χ0n) is 9.23. The van der Waals surface area contributed by atoms with E-state index in [-0.39, 0.29) is 0 Å². The Balaban J connectivity index is 1.99. The van der Waals surface area contributed by atoms with Crippen molar-refractivity contribution in [2.75, 3.05) is 6.54 Å². The summed E-state index contributed by atoms with van der Waals surface area (Å²) >= 11 is 7.67. The lowest BCUT2D eigenvalue weighted by Crippen LogP contribution is -2.28. The second kappa shape index (κ2) is 5.89. The van der Waals surface area contributed by atoms with E-state index in [4.69, 9.17) is 17.3 Å². The second-order valence-corrected chi connectivity index (χ2v) is 5.95. The van der Waals surface area contributed by atoms with E-state index in [1.54, 1.807) is 6.20 Å². The molecule has 88 valence electrons. The molecule has 16 heavy (non-hydrogen) atoms. The van der Waals surface area contributed by atoms with E-state index in [9.17, 15) is 0 Å². The Labute approximate surface area is 106 Å². The first-order valence-electron chi connectivity index (χ1n) is 5.78. The first-order valence-corrected chi connectivity index (χ1v) is 7.03. The van der Waals surface area contributed by atoms with Crippen LogP contribution in [0.15, 0.2) is 23.4 Å². The number of rotatable bonds is 3. The molecule has 1 aliphatic rings. The normalized spacial score (nSPS) is 25.6. The summed E-state index contributed by atoms with van der Waals surface area (Å²) in [6, 6.07) is 3.90. The highest BCUT2D eigenvalue weighted by atomic mass is 35.5. The van der Waals surface area contributed by atoms with Gasteiger partial charge in [-0.05, 0) is 37.4 Å². The number of thioether (sulfide) groups is 1. The fourth-order valence-corrected chi connectivity index (χ4v) is 3.59. The molecule has 2 atom stereocenters. The Morgan fingerprint density at radius 2 is 2.19 bits per heavy atom.